The lowest BCUT2D eigenvalue weighted by molar-refractivity contribution is 0.180. The maximum Gasteiger partial charge on any atom is 0.221 e. The molecule has 6 nitrogen and oxygen atoms in total. The van der Waals surface area contributed by atoms with Crippen LogP contribution in [0.2, 0.25) is 0 Å². The van der Waals surface area contributed by atoms with Gasteiger partial charge in [0.25, 0.3) is 0 Å². The molecule has 2 aliphatic rings. The number of hydrogen-bond donors (Lipinski definition) is 1. The third-order valence-corrected chi connectivity index (χ3v) is 7.56. The highest BCUT2D eigenvalue weighted by atomic mass is 79.9. The van der Waals surface area contributed by atoms with Crippen molar-refractivity contribution in [3.05, 3.63) is 34.5 Å². The summed E-state index contributed by atoms with van der Waals surface area (Å²) in [6, 6.07) is 5.44. The maximum atomic E-state index is 6.04. The highest BCUT2D eigenvalue weighted by Crippen LogP contribution is 2.40. The van der Waals surface area contributed by atoms with Gasteiger partial charge < -0.3 is 15.2 Å². The molecule has 148 valence electrons. The molecule has 5 heterocycles. The molecule has 1 saturated heterocycles. The number of hydrogen-bond acceptors (Lipinski definition) is 6. The predicted octanol–water partition coefficient (Wildman–Crippen LogP) is 4.85. The number of likely N-dealkylation sites (tertiary alicyclic amines) is 1. The monoisotopic (exact) mass is 468 g/mol. The summed E-state index contributed by atoms with van der Waals surface area (Å²) in [5.74, 6) is 0.317. The molecule has 0 unspecified atom stereocenters. The molecule has 1 aliphatic carbocycles. The summed E-state index contributed by atoms with van der Waals surface area (Å²) in [7, 11) is 0. The van der Waals surface area contributed by atoms with Crippen molar-refractivity contribution < 1.29 is 0 Å². The average Bonchev–Trinajstić information content (AvgIpc) is 3.36. The first kappa shape index (κ1) is 17.8. The van der Waals surface area contributed by atoms with E-state index < -0.39 is 0 Å². The van der Waals surface area contributed by atoms with Crippen LogP contribution in [0.25, 0.3) is 32.4 Å². The maximum absolute atomic E-state index is 6.04. The van der Waals surface area contributed by atoms with E-state index in [-0.39, 0.29) is 0 Å². The third-order valence-electron chi connectivity index (χ3n) is 6.22. The highest BCUT2D eigenvalue weighted by molar-refractivity contribution is 9.10. The van der Waals surface area contributed by atoms with E-state index in [4.69, 9.17) is 5.73 Å². The third kappa shape index (κ3) is 3.05. The topological polar surface area (TPSA) is 72.9 Å². The zero-order valence-electron chi connectivity index (χ0n) is 15.9. The van der Waals surface area contributed by atoms with E-state index in [1.54, 1.807) is 11.3 Å². The van der Waals surface area contributed by atoms with E-state index >= 15 is 0 Å². The summed E-state index contributed by atoms with van der Waals surface area (Å²) in [5, 5.41) is 3.20. The van der Waals surface area contributed by atoms with E-state index in [1.165, 1.54) is 38.8 Å². The Morgan fingerprint density at radius 1 is 1.10 bits per heavy atom. The van der Waals surface area contributed by atoms with Crippen LogP contribution in [0.4, 0.5) is 5.95 Å². The number of pyridine rings is 1. The van der Waals surface area contributed by atoms with E-state index in [9.17, 15) is 0 Å². The quantitative estimate of drug-likeness (QED) is 0.434. The molecule has 4 aromatic heterocycles. The summed E-state index contributed by atoms with van der Waals surface area (Å²) >= 11 is 5.21. The van der Waals surface area contributed by atoms with Crippen molar-refractivity contribution >= 4 is 54.3 Å². The number of halogens is 1. The summed E-state index contributed by atoms with van der Waals surface area (Å²) in [5.41, 5.74) is 10.1. The number of rotatable bonds is 3. The largest absolute Gasteiger partial charge is 0.368 e. The molecule has 8 heteroatoms. The molecular weight excluding hydrogens is 448 g/mol. The van der Waals surface area contributed by atoms with Gasteiger partial charge >= 0.3 is 0 Å². The first-order chi connectivity index (χ1) is 14.2. The Labute approximate surface area is 180 Å². The van der Waals surface area contributed by atoms with E-state index in [1.807, 2.05) is 17.6 Å². The van der Waals surface area contributed by atoms with Gasteiger partial charge in [0.15, 0.2) is 0 Å². The smallest absolute Gasteiger partial charge is 0.221 e. The van der Waals surface area contributed by atoms with Crippen molar-refractivity contribution in [2.24, 2.45) is 0 Å². The number of piperidine rings is 1. The molecule has 29 heavy (non-hydrogen) atoms. The fraction of sp³-hybridized carbons (Fsp3) is 0.381. The Morgan fingerprint density at radius 3 is 2.72 bits per heavy atom. The number of aromatic nitrogens is 4. The second-order valence-corrected chi connectivity index (χ2v) is 9.77. The Bertz CT molecular complexity index is 1220. The van der Waals surface area contributed by atoms with Crippen LogP contribution in [0.3, 0.4) is 0 Å². The standard InChI is InChI=1S/C21H21BrN6S/c22-18-9-14-15(19-20-16(5-8-29-20)25-21(23)26-19)11-28(17(14)10-24-18)13-3-6-27(7-4-13)12-1-2-12/h5,8-13H,1-4,6-7H2,(H2,23,25,26). The molecule has 4 aromatic rings. The Balaban J connectivity index is 1.49. The number of anilines is 1. The Kier molecular flexibility index (Phi) is 4.14. The molecule has 0 atom stereocenters. The second-order valence-electron chi connectivity index (χ2n) is 8.04. The zero-order valence-corrected chi connectivity index (χ0v) is 18.3. The molecule has 2 N–H and O–H groups in total. The van der Waals surface area contributed by atoms with Gasteiger partial charge in [0.1, 0.15) is 4.60 Å². The van der Waals surface area contributed by atoms with E-state index in [2.05, 4.69) is 52.6 Å². The zero-order chi connectivity index (χ0) is 19.5. The highest BCUT2D eigenvalue weighted by Gasteiger charge is 2.32. The van der Waals surface area contributed by atoms with Crippen molar-refractivity contribution in [3.8, 4) is 11.3 Å². The number of nitrogens with zero attached hydrogens (tertiary/aromatic N) is 5. The van der Waals surface area contributed by atoms with Crippen LogP contribution in [-0.2, 0) is 0 Å². The molecule has 0 spiro atoms. The molecular formula is C21H21BrN6S. The lowest BCUT2D eigenvalue weighted by Gasteiger charge is -2.33. The molecule has 6 rings (SSSR count). The van der Waals surface area contributed by atoms with Crippen molar-refractivity contribution in [1.82, 2.24) is 24.4 Å². The Hall–Kier alpha value is -2.03. The lowest BCUT2D eigenvalue weighted by atomic mass is 10.0. The molecule has 0 bridgehead atoms. The van der Waals surface area contributed by atoms with Crippen molar-refractivity contribution in [3.63, 3.8) is 0 Å². The fourth-order valence-electron chi connectivity index (χ4n) is 4.65. The summed E-state index contributed by atoms with van der Waals surface area (Å²) in [6.07, 6.45) is 9.35. The van der Waals surface area contributed by atoms with Gasteiger partial charge in [0.2, 0.25) is 5.95 Å². The van der Waals surface area contributed by atoms with Crippen molar-refractivity contribution in [2.45, 2.75) is 37.8 Å². The van der Waals surface area contributed by atoms with Crippen molar-refractivity contribution in [1.29, 1.82) is 0 Å². The predicted molar refractivity (Wildman–Crippen MR) is 121 cm³/mol. The van der Waals surface area contributed by atoms with Crippen LogP contribution in [0.5, 0.6) is 0 Å². The minimum absolute atomic E-state index is 0.317. The summed E-state index contributed by atoms with van der Waals surface area (Å²) in [6.45, 7) is 2.37. The first-order valence-electron chi connectivity index (χ1n) is 10.1. The summed E-state index contributed by atoms with van der Waals surface area (Å²) in [4.78, 5) is 16.2. The summed E-state index contributed by atoms with van der Waals surface area (Å²) < 4.78 is 4.33. The van der Waals surface area contributed by atoms with Gasteiger partial charge in [-0.3, -0.25) is 0 Å². The lowest BCUT2D eigenvalue weighted by Crippen LogP contribution is -2.35. The average molecular weight is 469 g/mol. The van der Waals surface area contributed by atoms with E-state index in [0.717, 1.165) is 43.0 Å². The second kappa shape index (κ2) is 6.75. The van der Waals surface area contributed by atoms with Crippen LogP contribution in [0.1, 0.15) is 31.7 Å². The normalized spacial score (nSPS) is 18.8. The van der Waals surface area contributed by atoms with Gasteiger partial charge in [-0.1, -0.05) is 0 Å². The van der Waals surface area contributed by atoms with Crippen LogP contribution in [-0.4, -0.2) is 43.6 Å². The van der Waals surface area contributed by atoms with Gasteiger partial charge in [-0.15, -0.1) is 11.3 Å². The number of fused-ring (bicyclic) bond motifs is 2. The molecule has 0 amide bonds. The fourth-order valence-corrected chi connectivity index (χ4v) is 5.81. The van der Waals surface area contributed by atoms with Crippen LogP contribution in [0, 0.1) is 0 Å². The van der Waals surface area contributed by atoms with Crippen LogP contribution in [0.15, 0.2) is 34.5 Å². The van der Waals surface area contributed by atoms with Gasteiger partial charge in [-0.25, -0.2) is 15.0 Å². The van der Waals surface area contributed by atoms with Gasteiger partial charge in [-0.05, 0) is 59.1 Å². The van der Waals surface area contributed by atoms with Gasteiger partial charge in [0.05, 0.1) is 27.6 Å². The molecule has 1 saturated carbocycles. The van der Waals surface area contributed by atoms with Gasteiger partial charge in [-0.2, -0.15) is 0 Å². The molecule has 2 fully saturated rings. The van der Waals surface area contributed by atoms with Crippen LogP contribution < -0.4 is 5.73 Å². The minimum Gasteiger partial charge on any atom is -0.368 e. The molecule has 0 radical (unpaired) electrons. The van der Waals surface area contributed by atoms with Crippen LogP contribution >= 0.6 is 27.3 Å². The first-order valence-corrected chi connectivity index (χ1v) is 11.8. The van der Waals surface area contributed by atoms with Gasteiger partial charge in [0, 0.05) is 42.3 Å². The number of thiophene rings is 1. The number of nitrogens with two attached hydrogens (primary N) is 1. The molecule has 1 aliphatic heterocycles. The molecule has 0 aromatic carbocycles. The Morgan fingerprint density at radius 2 is 1.93 bits per heavy atom. The number of nitrogen functional groups attached to an aromatic ring is 1. The minimum atomic E-state index is 0.317. The SMILES string of the molecule is Nc1nc(-c2cn(C3CCN(C4CC4)CC3)c3cnc(Br)cc23)c2sccc2n1. The van der Waals surface area contributed by atoms with Crippen molar-refractivity contribution in [2.75, 3.05) is 18.8 Å². The van der Waals surface area contributed by atoms with E-state index in [0.29, 0.717) is 12.0 Å².